The van der Waals surface area contributed by atoms with Crippen molar-refractivity contribution in [3.8, 4) is 0 Å². The Morgan fingerprint density at radius 1 is 1.33 bits per heavy atom. The van der Waals surface area contributed by atoms with Crippen molar-refractivity contribution in [1.82, 2.24) is 0 Å². The second-order valence-corrected chi connectivity index (χ2v) is 1.11. The lowest BCUT2D eigenvalue weighted by atomic mass is 10.8. The molecule has 3 nitrogen and oxygen atoms in total. The van der Waals surface area contributed by atoms with Gasteiger partial charge in [-0.05, 0) is 11.6 Å². The maximum Gasteiger partial charge on any atom is 0.391 e. The molecule has 0 radical (unpaired) electrons. The molecule has 0 unspecified atom stereocenters. The van der Waals surface area contributed by atoms with Gasteiger partial charge in [-0.3, -0.25) is 4.79 Å². The summed E-state index contributed by atoms with van der Waals surface area (Å²) in [6.07, 6.45) is 0. The van der Waals surface area contributed by atoms with Crippen LogP contribution in [-0.4, -0.2) is 18.3 Å². The summed E-state index contributed by atoms with van der Waals surface area (Å²) in [6.45, 7) is 4.00. The summed E-state index contributed by atoms with van der Waals surface area (Å²) in [7, 11) is 1.09. The van der Waals surface area contributed by atoms with Crippen LogP contribution in [0.5, 0.6) is 0 Å². The van der Waals surface area contributed by atoms with Gasteiger partial charge >= 0.3 is 11.2 Å². The van der Waals surface area contributed by atoms with Crippen molar-refractivity contribution in [3.63, 3.8) is 0 Å². The Kier molecular flexibility index (Phi) is 9.29. The van der Waals surface area contributed by atoms with Gasteiger partial charge in [0.1, 0.15) is 0 Å². The fourth-order valence-corrected chi connectivity index (χ4v) is 0.157. The SMILES string of the molecule is CC.COC(=O)C(=O)Cl. The summed E-state index contributed by atoms with van der Waals surface area (Å²) in [5.74, 6) is -1.03. The first-order chi connectivity index (χ1) is 4.18. The van der Waals surface area contributed by atoms with Gasteiger partial charge in [0.05, 0.1) is 7.11 Å². The van der Waals surface area contributed by atoms with Crippen LogP contribution in [0, 0.1) is 0 Å². The molecule has 0 aromatic heterocycles. The normalized spacial score (nSPS) is 6.67. The number of ether oxygens (including phenoxy) is 1. The van der Waals surface area contributed by atoms with Crippen molar-refractivity contribution in [2.24, 2.45) is 0 Å². The zero-order chi connectivity index (χ0) is 7.86. The second kappa shape index (κ2) is 7.43. The van der Waals surface area contributed by atoms with Crippen molar-refractivity contribution in [2.45, 2.75) is 13.8 Å². The van der Waals surface area contributed by atoms with Crippen molar-refractivity contribution >= 4 is 22.8 Å². The first-order valence-corrected chi connectivity index (χ1v) is 2.84. The van der Waals surface area contributed by atoms with Crippen LogP contribution in [0.15, 0.2) is 0 Å². The van der Waals surface area contributed by atoms with E-state index in [1.165, 1.54) is 0 Å². The maximum atomic E-state index is 9.81. The Labute approximate surface area is 58.9 Å². The molecule has 0 aliphatic rings. The molecule has 0 aromatic carbocycles. The predicted octanol–water partition coefficient (Wildman–Crippen LogP) is 0.951. The van der Waals surface area contributed by atoms with E-state index in [4.69, 9.17) is 0 Å². The number of carbonyl (C=O) groups excluding carboxylic acids is 2. The largest absolute Gasteiger partial charge is 0.462 e. The van der Waals surface area contributed by atoms with Crippen LogP contribution in [-0.2, 0) is 14.3 Å². The third-order valence-electron chi connectivity index (χ3n) is 0.346. The van der Waals surface area contributed by atoms with E-state index in [-0.39, 0.29) is 0 Å². The van der Waals surface area contributed by atoms with Crippen LogP contribution in [0.3, 0.4) is 0 Å². The average molecular weight is 153 g/mol. The van der Waals surface area contributed by atoms with Gasteiger partial charge in [0.25, 0.3) is 0 Å². The summed E-state index contributed by atoms with van der Waals surface area (Å²) in [6, 6.07) is 0. The van der Waals surface area contributed by atoms with E-state index in [2.05, 4.69) is 16.3 Å². The van der Waals surface area contributed by atoms with E-state index in [1.54, 1.807) is 0 Å². The maximum absolute atomic E-state index is 9.81. The summed E-state index contributed by atoms with van der Waals surface area (Å²) >= 11 is 4.61. The first-order valence-electron chi connectivity index (χ1n) is 2.46. The molecule has 0 saturated heterocycles. The van der Waals surface area contributed by atoms with Crippen LogP contribution in [0.1, 0.15) is 13.8 Å². The topological polar surface area (TPSA) is 43.4 Å². The molecule has 0 aliphatic heterocycles. The van der Waals surface area contributed by atoms with Gasteiger partial charge in [-0.1, -0.05) is 13.8 Å². The van der Waals surface area contributed by atoms with Gasteiger partial charge in [0.15, 0.2) is 0 Å². The quantitative estimate of drug-likeness (QED) is 0.319. The molecule has 0 N–H and O–H groups in total. The highest BCUT2D eigenvalue weighted by Crippen LogP contribution is 1.80. The molecular weight excluding hydrogens is 144 g/mol. The number of hydrogen-bond acceptors (Lipinski definition) is 3. The summed E-state index contributed by atoms with van der Waals surface area (Å²) in [4.78, 5) is 19.5. The van der Waals surface area contributed by atoms with Gasteiger partial charge < -0.3 is 4.74 Å². The number of halogens is 1. The first kappa shape index (κ1) is 11.3. The molecule has 0 atom stereocenters. The van der Waals surface area contributed by atoms with Gasteiger partial charge in [0.2, 0.25) is 0 Å². The Morgan fingerprint density at radius 2 is 1.67 bits per heavy atom. The molecule has 0 bridgehead atoms. The van der Waals surface area contributed by atoms with Crippen molar-refractivity contribution in [3.05, 3.63) is 0 Å². The number of carbonyl (C=O) groups is 2. The van der Waals surface area contributed by atoms with Crippen molar-refractivity contribution < 1.29 is 14.3 Å². The monoisotopic (exact) mass is 152 g/mol. The van der Waals surface area contributed by atoms with Crippen molar-refractivity contribution in [2.75, 3.05) is 7.11 Å². The molecule has 0 amide bonds. The van der Waals surface area contributed by atoms with Gasteiger partial charge in [-0.2, -0.15) is 0 Å². The standard InChI is InChI=1S/C3H3ClO3.C2H6/c1-7-3(6)2(4)5;1-2/h1H3;1-2H3. The summed E-state index contributed by atoms with van der Waals surface area (Å²) in [5, 5.41) is -1.09. The molecule has 0 fully saturated rings. The molecule has 0 aliphatic carbocycles. The number of methoxy groups -OCH3 is 1. The lowest BCUT2D eigenvalue weighted by molar-refractivity contribution is -0.148. The minimum absolute atomic E-state index is 1.03. The van der Waals surface area contributed by atoms with Crippen LogP contribution < -0.4 is 0 Å². The highest BCUT2D eigenvalue weighted by Gasteiger charge is 2.07. The fraction of sp³-hybridized carbons (Fsp3) is 0.600. The van der Waals surface area contributed by atoms with Gasteiger partial charge in [-0.15, -0.1) is 0 Å². The molecular formula is C5H9ClO3. The Balaban J connectivity index is 0. The van der Waals surface area contributed by atoms with Gasteiger partial charge in [-0.25, -0.2) is 4.79 Å². The van der Waals surface area contributed by atoms with E-state index in [0.717, 1.165) is 7.11 Å². The molecule has 0 spiro atoms. The third-order valence-corrected chi connectivity index (χ3v) is 0.500. The van der Waals surface area contributed by atoms with E-state index >= 15 is 0 Å². The molecule has 0 saturated carbocycles. The highest BCUT2D eigenvalue weighted by molar-refractivity contribution is 6.80. The predicted molar refractivity (Wildman–Crippen MR) is 34.2 cm³/mol. The minimum atomic E-state index is -1.09. The summed E-state index contributed by atoms with van der Waals surface area (Å²) < 4.78 is 3.89. The van der Waals surface area contributed by atoms with E-state index < -0.39 is 11.2 Å². The smallest absolute Gasteiger partial charge is 0.391 e. The van der Waals surface area contributed by atoms with E-state index in [0.29, 0.717) is 0 Å². The highest BCUT2D eigenvalue weighted by atomic mass is 35.5. The lowest BCUT2D eigenvalue weighted by Crippen LogP contribution is -2.07. The molecule has 0 heterocycles. The van der Waals surface area contributed by atoms with Crippen LogP contribution in [0.25, 0.3) is 0 Å². The number of hydrogen-bond donors (Lipinski definition) is 0. The van der Waals surface area contributed by atoms with Crippen LogP contribution >= 0.6 is 11.6 Å². The van der Waals surface area contributed by atoms with Crippen molar-refractivity contribution in [1.29, 1.82) is 0 Å². The molecule has 0 aromatic rings. The average Bonchev–Trinajstić information content (AvgIpc) is 1.91. The Bertz CT molecular complexity index is 100. The molecule has 4 heteroatoms. The second-order valence-electron chi connectivity index (χ2n) is 0.765. The minimum Gasteiger partial charge on any atom is -0.462 e. The molecule has 54 valence electrons. The van der Waals surface area contributed by atoms with E-state index in [9.17, 15) is 9.59 Å². The van der Waals surface area contributed by atoms with Gasteiger partial charge in [0, 0.05) is 0 Å². The lowest BCUT2D eigenvalue weighted by Gasteiger charge is -1.84. The number of esters is 1. The van der Waals surface area contributed by atoms with Crippen LogP contribution in [0.4, 0.5) is 0 Å². The zero-order valence-corrected chi connectivity index (χ0v) is 6.36. The van der Waals surface area contributed by atoms with Crippen LogP contribution in [0.2, 0.25) is 0 Å². The number of rotatable bonds is 1. The molecule has 0 rings (SSSR count). The molecule has 9 heavy (non-hydrogen) atoms. The third kappa shape index (κ3) is 7.43. The zero-order valence-electron chi connectivity index (χ0n) is 5.60. The fourth-order valence-electron chi connectivity index (χ4n) is 0.0802. The Hall–Kier alpha value is -0.570. The Morgan fingerprint density at radius 3 is 1.67 bits per heavy atom. The summed E-state index contributed by atoms with van der Waals surface area (Å²) in [5.41, 5.74) is 0. The van der Waals surface area contributed by atoms with E-state index in [1.807, 2.05) is 13.8 Å².